The molecule has 1 heterocycles. The lowest BCUT2D eigenvalue weighted by atomic mass is 9.95. The van der Waals surface area contributed by atoms with Gasteiger partial charge in [0, 0.05) is 18.5 Å². The van der Waals surface area contributed by atoms with Crippen LogP contribution in [0.15, 0.2) is 18.2 Å². The summed E-state index contributed by atoms with van der Waals surface area (Å²) in [5, 5.41) is 0. The van der Waals surface area contributed by atoms with Gasteiger partial charge in [-0.15, -0.1) is 0 Å². The van der Waals surface area contributed by atoms with Crippen molar-refractivity contribution < 1.29 is 14.4 Å². The molecule has 1 aliphatic carbocycles. The minimum atomic E-state index is -0.439. The first-order valence-electron chi connectivity index (χ1n) is 7.96. The Balaban J connectivity index is 1.92. The molecule has 0 unspecified atom stereocenters. The highest BCUT2D eigenvalue weighted by molar-refractivity contribution is 6.06. The molecule has 0 spiro atoms. The summed E-state index contributed by atoms with van der Waals surface area (Å²) in [6.45, 7) is 4.71. The molecule has 4 nitrogen and oxygen atoms in total. The molecule has 1 aromatic rings. The Morgan fingerprint density at radius 3 is 2.68 bits per heavy atom. The Morgan fingerprint density at radius 2 is 1.95 bits per heavy atom. The van der Waals surface area contributed by atoms with E-state index in [0.717, 1.165) is 11.1 Å². The van der Waals surface area contributed by atoms with Crippen molar-refractivity contribution >= 4 is 17.5 Å². The summed E-state index contributed by atoms with van der Waals surface area (Å²) >= 11 is 0. The van der Waals surface area contributed by atoms with Crippen molar-refractivity contribution in [2.75, 3.05) is 0 Å². The third kappa shape index (κ3) is 2.47. The molecule has 1 amide bonds. The standard InChI is InChI=1S/C18H21NO3/c1-11(2)13-6-4-7-14-15(13)10-19(18(14)22)16-8-3-5-12(20)9-17(16)21/h4,6-7,11,16H,3,5,8-10H2,1-2H3/t16-/m0/s1. The Bertz CT molecular complexity index is 648. The summed E-state index contributed by atoms with van der Waals surface area (Å²) in [5.41, 5.74) is 2.94. The molecule has 1 aromatic carbocycles. The van der Waals surface area contributed by atoms with Gasteiger partial charge >= 0.3 is 0 Å². The van der Waals surface area contributed by atoms with Crippen molar-refractivity contribution in [1.29, 1.82) is 0 Å². The van der Waals surface area contributed by atoms with Crippen molar-refractivity contribution in [2.45, 2.75) is 58.0 Å². The van der Waals surface area contributed by atoms with Crippen LogP contribution >= 0.6 is 0 Å². The van der Waals surface area contributed by atoms with Gasteiger partial charge < -0.3 is 4.90 Å². The predicted octanol–water partition coefficient (Wildman–Crippen LogP) is 2.85. The van der Waals surface area contributed by atoms with Gasteiger partial charge in [-0.2, -0.15) is 0 Å². The lowest BCUT2D eigenvalue weighted by Crippen LogP contribution is -2.41. The number of ketones is 2. The van der Waals surface area contributed by atoms with E-state index in [-0.39, 0.29) is 23.9 Å². The van der Waals surface area contributed by atoms with Crippen LogP contribution in [0.5, 0.6) is 0 Å². The molecule has 0 aromatic heterocycles. The van der Waals surface area contributed by atoms with Gasteiger partial charge in [0.25, 0.3) is 5.91 Å². The van der Waals surface area contributed by atoms with E-state index in [1.165, 1.54) is 5.56 Å². The fourth-order valence-electron chi connectivity index (χ4n) is 3.55. The summed E-state index contributed by atoms with van der Waals surface area (Å²) in [7, 11) is 0. The molecule has 0 saturated heterocycles. The zero-order valence-corrected chi connectivity index (χ0v) is 13.1. The van der Waals surface area contributed by atoms with Gasteiger partial charge in [0.15, 0.2) is 5.78 Å². The van der Waals surface area contributed by atoms with Gasteiger partial charge in [-0.25, -0.2) is 0 Å². The normalized spacial score (nSPS) is 22.2. The van der Waals surface area contributed by atoms with Gasteiger partial charge in [-0.05, 0) is 36.0 Å². The van der Waals surface area contributed by atoms with Crippen LogP contribution in [-0.2, 0) is 16.1 Å². The average Bonchev–Trinajstić information content (AvgIpc) is 2.70. The van der Waals surface area contributed by atoms with Crippen molar-refractivity contribution in [3.8, 4) is 0 Å². The van der Waals surface area contributed by atoms with Crippen LogP contribution in [0.3, 0.4) is 0 Å². The van der Waals surface area contributed by atoms with Crippen LogP contribution in [0.4, 0.5) is 0 Å². The van der Waals surface area contributed by atoms with E-state index in [1.807, 2.05) is 12.1 Å². The van der Waals surface area contributed by atoms with E-state index in [9.17, 15) is 14.4 Å². The first-order chi connectivity index (χ1) is 10.5. The topological polar surface area (TPSA) is 54.5 Å². The maximum absolute atomic E-state index is 12.7. The Kier molecular flexibility index (Phi) is 3.85. The van der Waals surface area contributed by atoms with E-state index in [0.29, 0.717) is 31.7 Å². The van der Waals surface area contributed by atoms with Crippen LogP contribution in [0.25, 0.3) is 0 Å². The number of rotatable bonds is 2. The molecule has 0 bridgehead atoms. The number of carbonyl (C=O) groups is 3. The summed E-state index contributed by atoms with van der Waals surface area (Å²) in [6, 6.07) is 5.37. The van der Waals surface area contributed by atoms with Gasteiger partial charge in [0.1, 0.15) is 5.78 Å². The molecule has 1 aliphatic heterocycles. The first kappa shape index (κ1) is 14.9. The highest BCUT2D eigenvalue weighted by atomic mass is 16.2. The number of fused-ring (bicyclic) bond motifs is 1. The van der Waals surface area contributed by atoms with E-state index >= 15 is 0 Å². The zero-order chi connectivity index (χ0) is 15.9. The summed E-state index contributed by atoms with van der Waals surface area (Å²) in [5.74, 6) is 0.175. The quantitative estimate of drug-likeness (QED) is 0.623. The lowest BCUT2D eigenvalue weighted by Gasteiger charge is -2.25. The van der Waals surface area contributed by atoms with Crippen molar-refractivity contribution in [1.82, 2.24) is 4.90 Å². The second kappa shape index (κ2) is 5.67. The smallest absolute Gasteiger partial charge is 0.255 e. The lowest BCUT2D eigenvalue weighted by molar-refractivity contribution is -0.128. The van der Waals surface area contributed by atoms with E-state index in [4.69, 9.17) is 0 Å². The number of hydrogen-bond donors (Lipinski definition) is 0. The summed E-state index contributed by atoms with van der Waals surface area (Å²) < 4.78 is 0. The second-order valence-corrected chi connectivity index (χ2v) is 6.55. The largest absolute Gasteiger partial charge is 0.324 e. The number of hydrogen-bond acceptors (Lipinski definition) is 3. The minimum Gasteiger partial charge on any atom is -0.324 e. The molecule has 22 heavy (non-hydrogen) atoms. The van der Waals surface area contributed by atoms with Crippen molar-refractivity contribution in [3.05, 3.63) is 34.9 Å². The van der Waals surface area contributed by atoms with Gasteiger partial charge in [-0.3, -0.25) is 14.4 Å². The molecule has 0 N–H and O–H groups in total. The number of nitrogens with zero attached hydrogens (tertiary/aromatic N) is 1. The molecule has 3 rings (SSSR count). The molecule has 4 heteroatoms. The molecule has 1 fully saturated rings. The Labute approximate surface area is 130 Å². The average molecular weight is 299 g/mol. The number of benzene rings is 1. The van der Waals surface area contributed by atoms with Gasteiger partial charge in [0.2, 0.25) is 0 Å². The molecule has 1 saturated carbocycles. The van der Waals surface area contributed by atoms with E-state index in [2.05, 4.69) is 19.9 Å². The van der Waals surface area contributed by atoms with Crippen molar-refractivity contribution in [2.24, 2.45) is 0 Å². The van der Waals surface area contributed by atoms with Crippen molar-refractivity contribution in [3.63, 3.8) is 0 Å². The SMILES string of the molecule is CC(C)c1cccc2c1CN([C@H]1CCCC(=O)CC1=O)C2=O. The number of amides is 1. The molecule has 2 aliphatic rings. The van der Waals surface area contributed by atoms with Crippen LogP contribution < -0.4 is 0 Å². The maximum atomic E-state index is 12.7. The van der Waals surface area contributed by atoms with Crippen LogP contribution in [0.2, 0.25) is 0 Å². The van der Waals surface area contributed by atoms with Crippen LogP contribution in [-0.4, -0.2) is 28.4 Å². The molecular weight excluding hydrogens is 278 g/mol. The van der Waals surface area contributed by atoms with E-state index < -0.39 is 6.04 Å². The summed E-state index contributed by atoms with van der Waals surface area (Å²) in [4.78, 5) is 38.3. The maximum Gasteiger partial charge on any atom is 0.255 e. The second-order valence-electron chi connectivity index (χ2n) is 6.55. The Hall–Kier alpha value is -1.97. The van der Waals surface area contributed by atoms with E-state index in [1.54, 1.807) is 4.90 Å². The number of Topliss-reactive ketones (excluding diaryl/α,β-unsaturated/α-hetero) is 2. The van der Waals surface area contributed by atoms with Gasteiger partial charge in [-0.1, -0.05) is 26.0 Å². The predicted molar refractivity (Wildman–Crippen MR) is 82.7 cm³/mol. The van der Waals surface area contributed by atoms with Crippen LogP contribution in [0, 0.1) is 0 Å². The third-order valence-corrected chi connectivity index (χ3v) is 4.71. The highest BCUT2D eigenvalue weighted by Gasteiger charge is 2.38. The zero-order valence-electron chi connectivity index (χ0n) is 13.1. The monoisotopic (exact) mass is 299 g/mol. The molecular formula is C18H21NO3. The highest BCUT2D eigenvalue weighted by Crippen LogP contribution is 2.33. The third-order valence-electron chi connectivity index (χ3n) is 4.71. The minimum absolute atomic E-state index is 0.000436. The molecule has 1 atom stereocenters. The fourth-order valence-corrected chi connectivity index (χ4v) is 3.55. The molecule has 0 radical (unpaired) electrons. The molecule has 116 valence electrons. The Morgan fingerprint density at radius 1 is 1.18 bits per heavy atom. The fraction of sp³-hybridized carbons (Fsp3) is 0.500. The van der Waals surface area contributed by atoms with Crippen LogP contribution in [0.1, 0.15) is 66.9 Å². The number of carbonyl (C=O) groups excluding carboxylic acids is 3. The summed E-state index contributed by atoms with van der Waals surface area (Å²) in [6.07, 6.45) is 1.71. The first-order valence-corrected chi connectivity index (χ1v) is 7.96. The van der Waals surface area contributed by atoms with Gasteiger partial charge in [0.05, 0.1) is 12.5 Å².